The molecule has 0 amide bonds. The van der Waals surface area contributed by atoms with Gasteiger partial charge in [-0.1, -0.05) is 60.2 Å². The largest absolute Gasteiger partial charge is 0.406 e. The zero-order valence-corrected chi connectivity index (χ0v) is 14.8. The molecule has 2 heterocycles. The zero-order chi connectivity index (χ0) is 18.6. The fourth-order valence-corrected chi connectivity index (χ4v) is 2.87. The quantitative estimate of drug-likeness (QED) is 0.724. The maximum absolute atomic E-state index is 5.54. The third-order valence-corrected chi connectivity index (χ3v) is 4.11. The number of fused-ring (bicyclic) bond motifs is 1. The maximum Gasteiger partial charge on any atom is 0.317 e. The molecular formula is C20H19N5O2. The van der Waals surface area contributed by atoms with E-state index >= 15 is 0 Å². The molecule has 27 heavy (non-hydrogen) atoms. The molecule has 0 aliphatic carbocycles. The van der Waals surface area contributed by atoms with Crippen molar-refractivity contribution in [3.05, 3.63) is 83.9 Å². The van der Waals surface area contributed by atoms with Gasteiger partial charge in [0.25, 0.3) is 0 Å². The number of benzene rings is 2. The second-order valence-electron chi connectivity index (χ2n) is 6.02. The number of hydrogen-bond acceptors (Lipinski definition) is 7. The average molecular weight is 361 g/mol. The predicted molar refractivity (Wildman–Crippen MR) is 104 cm³/mol. The Labute approximate surface area is 156 Å². The summed E-state index contributed by atoms with van der Waals surface area (Å²) in [5, 5.41) is 14.4. The predicted octanol–water partition coefficient (Wildman–Crippen LogP) is 3.43. The lowest BCUT2D eigenvalue weighted by Gasteiger charge is -2.15. The van der Waals surface area contributed by atoms with Crippen molar-refractivity contribution in [1.82, 2.24) is 10.2 Å². The van der Waals surface area contributed by atoms with E-state index in [0.717, 1.165) is 22.5 Å². The van der Waals surface area contributed by atoms with Crippen LogP contribution in [-0.2, 0) is 11.3 Å². The lowest BCUT2D eigenvalue weighted by atomic mass is 10.0. The Morgan fingerprint density at radius 1 is 1.11 bits per heavy atom. The molecule has 2 N–H and O–H groups in total. The number of para-hydroxylation sites is 1. The van der Waals surface area contributed by atoms with Crippen LogP contribution in [0.5, 0.6) is 0 Å². The van der Waals surface area contributed by atoms with Crippen molar-refractivity contribution in [3.63, 3.8) is 0 Å². The Kier molecular flexibility index (Phi) is 4.67. The minimum Gasteiger partial charge on any atom is -0.406 e. The Bertz CT molecular complexity index is 981. The molecule has 7 nitrogen and oxygen atoms in total. The molecule has 0 saturated heterocycles. The Morgan fingerprint density at radius 2 is 1.89 bits per heavy atom. The minimum absolute atomic E-state index is 0.252. The fraction of sp³-hybridized carbons (Fsp3) is 0.150. The lowest BCUT2D eigenvalue weighted by Crippen LogP contribution is -2.23. The molecule has 1 unspecified atom stereocenters. The smallest absolute Gasteiger partial charge is 0.317 e. The molecule has 1 aliphatic heterocycles. The summed E-state index contributed by atoms with van der Waals surface area (Å²) in [6, 6.07) is 18.3. The van der Waals surface area contributed by atoms with Crippen molar-refractivity contribution >= 4 is 17.4 Å². The first-order chi connectivity index (χ1) is 13.2. The Morgan fingerprint density at radius 3 is 2.70 bits per heavy atom. The molecule has 0 radical (unpaired) electrons. The maximum atomic E-state index is 5.54. The molecule has 0 spiro atoms. The van der Waals surface area contributed by atoms with Crippen LogP contribution in [0.4, 0.5) is 11.7 Å². The van der Waals surface area contributed by atoms with Gasteiger partial charge in [0.15, 0.2) is 6.17 Å². The highest BCUT2D eigenvalue weighted by molar-refractivity contribution is 6.16. The number of nitrogens with zero attached hydrogens (tertiary/aromatic N) is 3. The lowest BCUT2D eigenvalue weighted by molar-refractivity contribution is 0.160. The molecule has 1 aliphatic rings. The van der Waals surface area contributed by atoms with Crippen LogP contribution >= 0.6 is 0 Å². The van der Waals surface area contributed by atoms with Gasteiger partial charge in [0, 0.05) is 23.9 Å². The van der Waals surface area contributed by atoms with Crippen LogP contribution in [0.15, 0.2) is 76.3 Å². The fourth-order valence-electron chi connectivity index (χ4n) is 2.87. The highest BCUT2D eigenvalue weighted by atomic mass is 16.5. The van der Waals surface area contributed by atoms with Crippen LogP contribution in [0, 0.1) is 0 Å². The van der Waals surface area contributed by atoms with E-state index in [1.165, 1.54) is 0 Å². The van der Waals surface area contributed by atoms with Gasteiger partial charge in [-0.2, -0.15) is 0 Å². The van der Waals surface area contributed by atoms with Crippen LogP contribution in [0.1, 0.15) is 17.0 Å². The van der Waals surface area contributed by atoms with Crippen LogP contribution < -0.4 is 10.6 Å². The van der Waals surface area contributed by atoms with Crippen LogP contribution in [-0.4, -0.2) is 29.2 Å². The van der Waals surface area contributed by atoms with E-state index < -0.39 is 6.17 Å². The van der Waals surface area contributed by atoms with Crippen LogP contribution in [0.25, 0.3) is 0 Å². The summed E-state index contributed by atoms with van der Waals surface area (Å²) < 4.78 is 10.5. The molecule has 2 aromatic carbocycles. The molecular weight excluding hydrogens is 342 g/mol. The summed E-state index contributed by atoms with van der Waals surface area (Å²) in [4.78, 5) is 4.90. The molecule has 1 atom stereocenters. The number of ether oxygens (including phenoxy) is 1. The van der Waals surface area contributed by atoms with E-state index in [2.05, 4.69) is 27.4 Å². The second-order valence-corrected chi connectivity index (χ2v) is 6.02. The van der Waals surface area contributed by atoms with Crippen molar-refractivity contribution < 1.29 is 9.15 Å². The summed E-state index contributed by atoms with van der Waals surface area (Å²) in [6.45, 7) is 4.38. The third kappa shape index (κ3) is 3.58. The van der Waals surface area contributed by atoms with Crippen molar-refractivity contribution in [3.8, 4) is 0 Å². The summed E-state index contributed by atoms with van der Waals surface area (Å²) >= 11 is 0. The van der Waals surface area contributed by atoms with E-state index in [4.69, 9.17) is 14.1 Å². The van der Waals surface area contributed by atoms with Gasteiger partial charge in [0.05, 0.1) is 11.4 Å². The molecule has 0 saturated carbocycles. The van der Waals surface area contributed by atoms with Crippen LogP contribution in [0.2, 0.25) is 0 Å². The Hall–Kier alpha value is -3.45. The van der Waals surface area contributed by atoms with E-state index in [1.807, 2.05) is 54.6 Å². The standard InChI is InChI=1S/C20H19N5O2/c1-13-19(23-20-25-24-17(27-20)12-26-2)22-18(14-8-4-3-5-9-14)15-10-6-7-11-16(15)21-13/h3-11,19,21H,1,12H2,2H3,(H,23,25). The van der Waals surface area contributed by atoms with Gasteiger partial charge in [-0.25, -0.2) is 0 Å². The SMILES string of the molecule is C=C1Nc2ccccc2C(c2ccccc2)=NC1Nc1nnc(COC)o1. The highest BCUT2D eigenvalue weighted by Crippen LogP contribution is 2.27. The molecule has 7 heteroatoms. The minimum atomic E-state index is -0.483. The normalized spacial score (nSPS) is 16.1. The van der Waals surface area contributed by atoms with Crippen molar-refractivity contribution in [2.75, 3.05) is 17.7 Å². The first-order valence-corrected chi connectivity index (χ1v) is 8.51. The number of benzodiazepines with no additional fused rings is 1. The number of hydrogen-bond donors (Lipinski definition) is 2. The van der Waals surface area contributed by atoms with E-state index in [-0.39, 0.29) is 12.6 Å². The molecule has 1 aromatic heterocycles. The highest BCUT2D eigenvalue weighted by Gasteiger charge is 2.23. The molecule has 136 valence electrons. The summed E-state index contributed by atoms with van der Waals surface area (Å²) in [6.07, 6.45) is -0.483. The molecule has 4 rings (SSSR count). The van der Waals surface area contributed by atoms with Gasteiger partial charge in [0.1, 0.15) is 6.61 Å². The van der Waals surface area contributed by atoms with E-state index in [9.17, 15) is 0 Å². The van der Waals surface area contributed by atoms with Gasteiger partial charge in [-0.15, -0.1) is 5.10 Å². The van der Waals surface area contributed by atoms with Crippen molar-refractivity contribution in [2.24, 2.45) is 4.99 Å². The van der Waals surface area contributed by atoms with Gasteiger partial charge in [-0.3, -0.25) is 4.99 Å². The first kappa shape index (κ1) is 17.0. The number of nitrogens with one attached hydrogen (secondary N) is 2. The van der Waals surface area contributed by atoms with Crippen molar-refractivity contribution in [1.29, 1.82) is 0 Å². The molecule has 3 aromatic rings. The number of methoxy groups -OCH3 is 1. The van der Waals surface area contributed by atoms with E-state index in [0.29, 0.717) is 11.6 Å². The number of anilines is 2. The average Bonchev–Trinajstić information content (AvgIpc) is 3.08. The summed E-state index contributed by atoms with van der Waals surface area (Å²) in [5.41, 5.74) is 4.49. The van der Waals surface area contributed by atoms with Crippen molar-refractivity contribution in [2.45, 2.75) is 12.8 Å². The summed E-state index contributed by atoms with van der Waals surface area (Å²) in [7, 11) is 1.57. The number of rotatable bonds is 5. The summed E-state index contributed by atoms with van der Waals surface area (Å²) in [5.74, 6) is 0.391. The van der Waals surface area contributed by atoms with Gasteiger partial charge >= 0.3 is 6.01 Å². The van der Waals surface area contributed by atoms with Gasteiger partial charge in [-0.05, 0) is 6.07 Å². The number of aromatic nitrogens is 2. The van der Waals surface area contributed by atoms with E-state index in [1.54, 1.807) is 7.11 Å². The van der Waals surface area contributed by atoms with Crippen LogP contribution in [0.3, 0.4) is 0 Å². The number of aliphatic imine (C=N–C) groups is 1. The first-order valence-electron chi connectivity index (χ1n) is 8.51. The molecule has 0 fully saturated rings. The molecule has 0 bridgehead atoms. The monoisotopic (exact) mass is 361 g/mol. The van der Waals surface area contributed by atoms with Gasteiger partial charge in [0.2, 0.25) is 5.89 Å². The zero-order valence-electron chi connectivity index (χ0n) is 14.8. The Balaban J connectivity index is 1.72. The second kappa shape index (κ2) is 7.43. The van der Waals surface area contributed by atoms with Gasteiger partial charge < -0.3 is 19.8 Å². The third-order valence-electron chi connectivity index (χ3n) is 4.11. The topological polar surface area (TPSA) is 84.6 Å².